The summed E-state index contributed by atoms with van der Waals surface area (Å²) in [6.07, 6.45) is 5.99. The maximum Gasteiger partial charge on any atom is 0.334 e. The SMILES string of the molecule is C/C=N\N=C(/C)C/C(=C\c1cc(-c2ccc(C(=O)N3CCCC3)cc2)ccc1C)C(=O)OCC. The molecule has 0 saturated carbocycles. The molecule has 3 rings (SSSR count). The molecule has 34 heavy (non-hydrogen) atoms. The number of carbonyl (C=O) groups is 2. The smallest absolute Gasteiger partial charge is 0.334 e. The fourth-order valence-corrected chi connectivity index (χ4v) is 3.94. The van der Waals surface area contributed by atoms with E-state index in [0.29, 0.717) is 24.2 Å². The zero-order valence-electron chi connectivity index (χ0n) is 20.5. The van der Waals surface area contributed by atoms with Crippen molar-refractivity contribution in [3.8, 4) is 11.1 Å². The fraction of sp³-hybridized carbons (Fsp3) is 0.357. The first-order chi connectivity index (χ1) is 16.4. The van der Waals surface area contributed by atoms with Crippen LogP contribution in [-0.2, 0) is 9.53 Å². The largest absolute Gasteiger partial charge is 0.463 e. The van der Waals surface area contributed by atoms with Gasteiger partial charge in [0, 0.05) is 42.6 Å². The number of carbonyl (C=O) groups excluding carboxylic acids is 2. The number of rotatable bonds is 8. The van der Waals surface area contributed by atoms with Crippen molar-refractivity contribution in [3.05, 3.63) is 64.7 Å². The van der Waals surface area contributed by atoms with Crippen molar-refractivity contribution in [2.24, 2.45) is 10.2 Å². The highest BCUT2D eigenvalue weighted by molar-refractivity contribution is 6.01. The molecule has 1 aliphatic heterocycles. The van der Waals surface area contributed by atoms with Gasteiger partial charge in [-0.2, -0.15) is 10.2 Å². The van der Waals surface area contributed by atoms with Gasteiger partial charge in [-0.3, -0.25) is 4.79 Å². The number of likely N-dealkylation sites (tertiary alicyclic amines) is 1. The van der Waals surface area contributed by atoms with Crippen LogP contribution in [0.15, 0.2) is 58.2 Å². The normalized spacial score (nSPS) is 14.6. The molecular weight excluding hydrogens is 426 g/mol. The summed E-state index contributed by atoms with van der Waals surface area (Å²) in [5.41, 5.74) is 5.98. The quantitative estimate of drug-likeness (QED) is 0.220. The number of benzene rings is 2. The highest BCUT2D eigenvalue weighted by Gasteiger charge is 2.19. The Morgan fingerprint density at radius 3 is 2.38 bits per heavy atom. The van der Waals surface area contributed by atoms with E-state index in [1.807, 2.05) is 55.2 Å². The maximum atomic E-state index is 12.6. The van der Waals surface area contributed by atoms with E-state index in [0.717, 1.165) is 53.9 Å². The highest BCUT2D eigenvalue weighted by Crippen LogP contribution is 2.26. The van der Waals surface area contributed by atoms with Crippen LogP contribution in [0.25, 0.3) is 17.2 Å². The summed E-state index contributed by atoms with van der Waals surface area (Å²) in [5.74, 6) is -0.257. The minimum absolute atomic E-state index is 0.0973. The molecule has 1 amide bonds. The summed E-state index contributed by atoms with van der Waals surface area (Å²) in [4.78, 5) is 27.2. The molecule has 1 heterocycles. The van der Waals surface area contributed by atoms with Gasteiger partial charge in [-0.15, -0.1) is 0 Å². The van der Waals surface area contributed by atoms with Crippen LogP contribution in [0.2, 0.25) is 0 Å². The Balaban J connectivity index is 1.89. The molecule has 0 aliphatic carbocycles. The number of hydrogen-bond donors (Lipinski definition) is 0. The lowest BCUT2D eigenvalue weighted by atomic mass is 9.96. The maximum absolute atomic E-state index is 12.6. The highest BCUT2D eigenvalue weighted by atomic mass is 16.5. The molecule has 1 saturated heterocycles. The van der Waals surface area contributed by atoms with Crippen LogP contribution in [0, 0.1) is 6.92 Å². The minimum atomic E-state index is -0.355. The lowest BCUT2D eigenvalue weighted by Crippen LogP contribution is -2.27. The lowest BCUT2D eigenvalue weighted by Gasteiger charge is -2.15. The summed E-state index contributed by atoms with van der Waals surface area (Å²) in [7, 11) is 0. The van der Waals surface area contributed by atoms with Crippen LogP contribution in [0.5, 0.6) is 0 Å². The van der Waals surface area contributed by atoms with Gasteiger partial charge in [-0.1, -0.05) is 24.3 Å². The second-order valence-electron chi connectivity index (χ2n) is 8.42. The molecule has 6 heteroatoms. The van der Waals surface area contributed by atoms with Gasteiger partial charge in [0.15, 0.2) is 0 Å². The Hall–Kier alpha value is -3.54. The molecular formula is C28H33N3O3. The molecule has 0 unspecified atom stereocenters. The summed E-state index contributed by atoms with van der Waals surface area (Å²) in [5, 5.41) is 8.02. The molecule has 1 aliphatic rings. The standard InChI is InChI=1S/C28H33N3O3/c1-5-29-30-21(4)17-26(28(33)34-6-2)19-25-18-24(10-9-20(25)3)22-11-13-23(14-12-22)27(32)31-15-7-8-16-31/h5,9-14,18-19H,6-8,15-17H2,1-4H3/b26-19+,29-5-,30-21+. The van der Waals surface area contributed by atoms with Gasteiger partial charge in [-0.25, -0.2) is 4.79 Å². The van der Waals surface area contributed by atoms with Crippen molar-refractivity contribution in [3.63, 3.8) is 0 Å². The number of esters is 1. The van der Waals surface area contributed by atoms with E-state index in [2.05, 4.69) is 22.3 Å². The van der Waals surface area contributed by atoms with E-state index >= 15 is 0 Å². The van der Waals surface area contributed by atoms with Crippen LogP contribution >= 0.6 is 0 Å². The molecule has 178 valence electrons. The Morgan fingerprint density at radius 2 is 1.74 bits per heavy atom. The third kappa shape index (κ3) is 6.50. The first-order valence-electron chi connectivity index (χ1n) is 11.8. The number of aryl methyl sites for hydroxylation is 1. The van der Waals surface area contributed by atoms with E-state index in [1.165, 1.54) is 0 Å². The molecule has 0 N–H and O–H groups in total. The molecule has 0 atom stereocenters. The molecule has 0 bridgehead atoms. The second-order valence-corrected chi connectivity index (χ2v) is 8.42. The first-order valence-corrected chi connectivity index (χ1v) is 11.8. The van der Waals surface area contributed by atoms with Crippen LogP contribution < -0.4 is 0 Å². The van der Waals surface area contributed by atoms with Gasteiger partial charge < -0.3 is 9.64 Å². The topological polar surface area (TPSA) is 71.3 Å². The van der Waals surface area contributed by atoms with Gasteiger partial charge in [0.05, 0.1) is 6.61 Å². The Kier molecular flexibility index (Phi) is 8.91. The fourth-order valence-electron chi connectivity index (χ4n) is 3.94. The van der Waals surface area contributed by atoms with Crippen LogP contribution in [0.1, 0.15) is 61.5 Å². The average Bonchev–Trinajstić information content (AvgIpc) is 3.38. The predicted octanol–water partition coefficient (Wildman–Crippen LogP) is 5.70. The van der Waals surface area contributed by atoms with Gasteiger partial charge in [0.25, 0.3) is 5.91 Å². The number of nitrogens with zero attached hydrogens (tertiary/aromatic N) is 3. The van der Waals surface area contributed by atoms with Crippen LogP contribution in [-0.4, -0.2) is 48.4 Å². The van der Waals surface area contributed by atoms with E-state index in [9.17, 15) is 9.59 Å². The zero-order chi connectivity index (χ0) is 24.5. The molecule has 6 nitrogen and oxygen atoms in total. The number of hydrogen-bond acceptors (Lipinski definition) is 5. The van der Waals surface area contributed by atoms with E-state index in [4.69, 9.17) is 4.74 Å². The third-order valence-corrected chi connectivity index (χ3v) is 5.80. The monoisotopic (exact) mass is 459 g/mol. The van der Waals surface area contributed by atoms with Gasteiger partial charge in [0.2, 0.25) is 0 Å². The van der Waals surface area contributed by atoms with E-state index < -0.39 is 0 Å². The zero-order valence-corrected chi connectivity index (χ0v) is 20.5. The summed E-state index contributed by atoms with van der Waals surface area (Å²) >= 11 is 0. The lowest BCUT2D eigenvalue weighted by molar-refractivity contribution is -0.138. The summed E-state index contributed by atoms with van der Waals surface area (Å²) in [6, 6.07) is 13.9. The first kappa shape index (κ1) is 25.1. The number of amides is 1. The van der Waals surface area contributed by atoms with Crippen molar-refractivity contribution in [1.82, 2.24) is 4.90 Å². The third-order valence-electron chi connectivity index (χ3n) is 5.80. The Labute approximate surface area is 202 Å². The van der Waals surface area contributed by atoms with Crippen LogP contribution in [0.3, 0.4) is 0 Å². The van der Waals surface area contributed by atoms with Gasteiger partial charge in [-0.05, 0) is 87.1 Å². The summed E-state index contributed by atoms with van der Waals surface area (Å²) < 4.78 is 5.28. The van der Waals surface area contributed by atoms with Crippen molar-refractivity contribution >= 4 is 29.9 Å². The number of ether oxygens (including phenoxy) is 1. The molecule has 2 aromatic rings. The minimum Gasteiger partial charge on any atom is -0.463 e. The second kappa shape index (κ2) is 12.1. The van der Waals surface area contributed by atoms with Gasteiger partial charge >= 0.3 is 5.97 Å². The van der Waals surface area contributed by atoms with Crippen molar-refractivity contribution in [2.75, 3.05) is 19.7 Å². The molecule has 1 fully saturated rings. The molecule has 0 aromatic heterocycles. The molecule has 0 radical (unpaired) electrons. The van der Waals surface area contributed by atoms with Crippen molar-refractivity contribution in [1.29, 1.82) is 0 Å². The Bertz CT molecular complexity index is 1110. The molecule has 0 spiro atoms. The predicted molar refractivity (Wildman–Crippen MR) is 138 cm³/mol. The average molecular weight is 460 g/mol. The van der Waals surface area contributed by atoms with E-state index in [1.54, 1.807) is 20.1 Å². The summed E-state index contributed by atoms with van der Waals surface area (Å²) in [6.45, 7) is 9.43. The van der Waals surface area contributed by atoms with Gasteiger partial charge in [0.1, 0.15) is 0 Å². The van der Waals surface area contributed by atoms with Crippen LogP contribution in [0.4, 0.5) is 0 Å². The molecule has 2 aromatic carbocycles. The van der Waals surface area contributed by atoms with Crippen molar-refractivity contribution in [2.45, 2.75) is 47.0 Å². The Morgan fingerprint density at radius 1 is 1.06 bits per heavy atom. The van der Waals surface area contributed by atoms with E-state index in [-0.39, 0.29) is 11.9 Å². The van der Waals surface area contributed by atoms with Crippen molar-refractivity contribution < 1.29 is 14.3 Å².